The summed E-state index contributed by atoms with van der Waals surface area (Å²) < 4.78 is 31.0. The predicted molar refractivity (Wildman–Crippen MR) is 92.2 cm³/mol. The van der Waals surface area contributed by atoms with Crippen LogP contribution in [0.15, 0.2) is 53.4 Å². The quantitative estimate of drug-likeness (QED) is 0.843. The van der Waals surface area contributed by atoms with Crippen LogP contribution in [0.2, 0.25) is 5.02 Å². The van der Waals surface area contributed by atoms with E-state index in [1.54, 1.807) is 31.4 Å². The first kappa shape index (κ1) is 17.2. The van der Waals surface area contributed by atoms with Gasteiger partial charge in [-0.3, -0.25) is 0 Å². The second-order valence-corrected chi connectivity index (χ2v) is 8.45. The van der Waals surface area contributed by atoms with Gasteiger partial charge in [0.1, 0.15) is 5.75 Å². The van der Waals surface area contributed by atoms with Gasteiger partial charge in [0.2, 0.25) is 0 Å². The zero-order chi connectivity index (χ0) is 17.5. The van der Waals surface area contributed by atoms with Gasteiger partial charge in [-0.25, -0.2) is 8.42 Å². The van der Waals surface area contributed by atoms with Gasteiger partial charge in [0.25, 0.3) is 0 Å². The number of rotatable bonds is 5. The molecule has 3 N–H and O–H groups in total. The van der Waals surface area contributed by atoms with E-state index in [9.17, 15) is 13.5 Å². The molecular weight excluding hydrogens is 350 g/mol. The Morgan fingerprint density at radius 3 is 2.25 bits per heavy atom. The van der Waals surface area contributed by atoms with Gasteiger partial charge in [0.15, 0.2) is 9.84 Å². The van der Waals surface area contributed by atoms with E-state index in [1.165, 1.54) is 24.3 Å². The van der Waals surface area contributed by atoms with Crippen LogP contribution < -0.4 is 10.5 Å². The van der Waals surface area contributed by atoms with Crippen LogP contribution >= 0.6 is 11.6 Å². The molecule has 128 valence electrons. The molecule has 0 bridgehead atoms. The minimum Gasteiger partial charge on any atom is -0.497 e. The second kappa shape index (κ2) is 6.04. The molecule has 1 fully saturated rings. The monoisotopic (exact) mass is 367 g/mol. The molecule has 1 aliphatic rings. The molecule has 0 spiro atoms. The third kappa shape index (κ3) is 2.69. The lowest BCUT2D eigenvalue weighted by molar-refractivity contribution is 0.253. The lowest BCUT2D eigenvalue weighted by Crippen LogP contribution is -2.35. The number of aliphatic hydroxyl groups excluding tert-OH is 1. The van der Waals surface area contributed by atoms with Crippen molar-refractivity contribution >= 4 is 21.4 Å². The summed E-state index contributed by atoms with van der Waals surface area (Å²) in [6.45, 7) is -0.415. The van der Waals surface area contributed by atoms with Crippen LogP contribution in [0.1, 0.15) is 11.5 Å². The first-order valence-corrected chi connectivity index (χ1v) is 9.30. The van der Waals surface area contributed by atoms with E-state index < -0.39 is 33.2 Å². The number of nitrogens with two attached hydrogens (primary N) is 1. The van der Waals surface area contributed by atoms with E-state index in [0.29, 0.717) is 10.8 Å². The normalized spacial score (nSPS) is 26.2. The fourth-order valence-electron chi connectivity index (χ4n) is 3.15. The van der Waals surface area contributed by atoms with Crippen molar-refractivity contribution in [1.82, 2.24) is 0 Å². The fraction of sp³-hybridized carbons (Fsp3) is 0.294. The second-order valence-electron chi connectivity index (χ2n) is 5.94. The highest BCUT2D eigenvalue weighted by molar-refractivity contribution is 7.92. The number of hydrogen-bond acceptors (Lipinski definition) is 5. The molecule has 1 saturated carbocycles. The Hall–Kier alpha value is -1.60. The van der Waals surface area contributed by atoms with Crippen LogP contribution in [0, 0.1) is 0 Å². The molecule has 1 aliphatic carbocycles. The molecular formula is C17H18ClNO4S. The van der Waals surface area contributed by atoms with Crippen molar-refractivity contribution in [3.63, 3.8) is 0 Å². The number of aliphatic hydroxyl groups is 1. The first-order chi connectivity index (χ1) is 11.3. The Kier molecular flexibility index (Phi) is 4.34. The number of ether oxygens (including phenoxy) is 1. The van der Waals surface area contributed by atoms with Crippen molar-refractivity contribution in [2.75, 3.05) is 13.7 Å². The Bertz CT molecular complexity index is 836. The maximum Gasteiger partial charge on any atom is 0.183 e. The highest BCUT2D eigenvalue weighted by Crippen LogP contribution is 2.55. The number of sulfone groups is 1. The Morgan fingerprint density at radius 1 is 1.17 bits per heavy atom. The summed E-state index contributed by atoms with van der Waals surface area (Å²) in [5.74, 6) is 0.192. The largest absolute Gasteiger partial charge is 0.497 e. The Balaban J connectivity index is 1.98. The minimum absolute atomic E-state index is 0.149. The highest BCUT2D eigenvalue weighted by Gasteiger charge is 2.69. The predicted octanol–water partition coefficient (Wildman–Crippen LogP) is 1.98. The standard InChI is InChI=1S/C17H18ClNO4S/c1-23-13-6-2-11(3-7-13)15-16(17(15,19)10-20)24(21,22)14-8-4-12(18)5-9-14/h2-9,15-16,20H,10,19H2,1H3. The number of benzene rings is 2. The van der Waals surface area contributed by atoms with E-state index in [2.05, 4.69) is 0 Å². The molecule has 0 saturated heterocycles. The van der Waals surface area contributed by atoms with Gasteiger partial charge in [0, 0.05) is 10.9 Å². The van der Waals surface area contributed by atoms with Crippen molar-refractivity contribution < 1.29 is 18.3 Å². The summed E-state index contributed by atoms with van der Waals surface area (Å²) in [5.41, 5.74) is 5.76. The van der Waals surface area contributed by atoms with Gasteiger partial charge < -0.3 is 15.6 Å². The molecule has 3 unspecified atom stereocenters. The van der Waals surface area contributed by atoms with E-state index in [1.807, 2.05) is 0 Å². The van der Waals surface area contributed by atoms with Crippen molar-refractivity contribution in [3.8, 4) is 5.75 Å². The van der Waals surface area contributed by atoms with Gasteiger partial charge in [0.05, 0.1) is 29.4 Å². The molecule has 0 aromatic heterocycles. The van der Waals surface area contributed by atoms with E-state index >= 15 is 0 Å². The number of methoxy groups -OCH3 is 1. The van der Waals surface area contributed by atoms with Crippen LogP contribution in [0.3, 0.4) is 0 Å². The molecule has 0 radical (unpaired) electrons. The van der Waals surface area contributed by atoms with Crippen molar-refractivity contribution in [3.05, 3.63) is 59.1 Å². The van der Waals surface area contributed by atoms with Crippen LogP contribution in [0.4, 0.5) is 0 Å². The molecule has 5 nitrogen and oxygen atoms in total. The minimum atomic E-state index is -3.69. The van der Waals surface area contributed by atoms with Crippen molar-refractivity contribution in [2.45, 2.75) is 21.6 Å². The van der Waals surface area contributed by atoms with Gasteiger partial charge in [-0.15, -0.1) is 0 Å². The Morgan fingerprint density at radius 2 is 1.75 bits per heavy atom. The van der Waals surface area contributed by atoms with Gasteiger partial charge in [-0.2, -0.15) is 0 Å². The molecule has 2 aromatic carbocycles. The molecule has 0 heterocycles. The van der Waals surface area contributed by atoms with Crippen molar-refractivity contribution in [1.29, 1.82) is 0 Å². The Labute approximate surface area is 145 Å². The van der Waals surface area contributed by atoms with Crippen molar-refractivity contribution in [2.24, 2.45) is 5.73 Å². The van der Waals surface area contributed by atoms with Crippen LogP contribution in [-0.4, -0.2) is 38.0 Å². The third-order valence-electron chi connectivity index (χ3n) is 4.53. The number of halogens is 1. The average Bonchev–Trinajstić information content (AvgIpc) is 3.23. The number of hydrogen-bond donors (Lipinski definition) is 2. The lowest BCUT2D eigenvalue weighted by Gasteiger charge is -2.08. The topological polar surface area (TPSA) is 89.6 Å². The third-order valence-corrected chi connectivity index (χ3v) is 7.09. The van der Waals surface area contributed by atoms with Gasteiger partial charge in [-0.1, -0.05) is 23.7 Å². The van der Waals surface area contributed by atoms with Crippen LogP contribution in [0.5, 0.6) is 5.75 Å². The summed E-state index contributed by atoms with van der Waals surface area (Å²) in [6.07, 6.45) is 0. The van der Waals surface area contributed by atoms with Gasteiger partial charge >= 0.3 is 0 Å². The summed E-state index contributed by atoms with van der Waals surface area (Å²) in [6, 6.07) is 13.0. The summed E-state index contributed by atoms with van der Waals surface area (Å²) in [4.78, 5) is 0.149. The zero-order valence-electron chi connectivity index (χ0n) is 13.0. The summed E-state index contributed by atoms with van der Waals surface area (Å²) in [5, 5.41) is 9.26. The molecule has 7 heteroatoms. The summed E-state index contributed by atoms with van der Waals surface area (Å²) >= 11 is 5.82. The van der Waals surface area contributed by atoms with E-state index in [0.717, 1.165) is 5.56 Å². The van der Waals surface area contributed by atoms with Crippen LogP contribution in [-0.2, 0) is 9.84 Å². The molecule has 24 heavy (non-hydrogen) atoms. The molecule has 3 atom stereocenters. The average molecular weight is 368 g/mol. The summed E-state index contributed by atoms with van der Waals surface area (Å²) in [7, 11) is -2.13. The maximum atomic E-state index is 12.9. The molecule has 0 aliphatic heterocycles. The smallest absolute Gasteiger partial charge is 0.183 e. The van der Waals surface area contributed by atoms with Gasteiger partial charge in [-0.05, 0) is 42.0 Å². The molecule has 3 rings (SSSR count). The maximum absolute atomic E-state index is 12.9. The fourth-order valence-corrected chi connectivity index (χ4v) is 5.57. The molecule has 2 aromatic rings. The molecule has 0 amide bonds. The lowest BCUT2D eigenvalue weighted by atomic mass is 10.1. The zero-order valence-corrected chi connectivity index (χ0v) is 14.6. The van der Waals surface area contributed by atoms with E-state index in [-0.39, 0.29) is 4.90 Å². The van der Waals surface area contributed by atoms with E-state index in [4.69, 9.17) is 22.1 Å². The highest BCUT2D eigenvalue weighted by atomic mass is 35.5. The SMILES string of the molecule is COc1ccc(C2C(S(=O)(=O)c3ccc(Cl)cc3)C2(N)CO)cc1. The van der Waals surface area contributed by atoms with Crippen LogP contribution in [0.25, 0.3) is 0 Å². The first-order valence-electron chi connectivity index (χ1n) is 7.38.